The predicted molar refractivity (Wildman–Crippen MR) is 57.5 cm³/mol. The molecule has 1 saturated carbocycles. The van der Waals surface area contributed by atoms with Crippen LogP contribution in [0.5, 0.6) is 0 Å². The molecule has 0 spiro atoms. The van der Waals surface area contributed by atoms with Gasteiger partial charge in [-0.1, -0.05) is 0 Å². The lowest BCUT2D eigenvalue weighted by atomic mass is 10.3. The number of hydrogen-bond donors (Lipinski definition) is 1. The largest absolute Gasteiger partial charge is 0.380 e. The van der Waals surface area contributed by atoms with Gasteiger partial charge in [-0.2, -0.15) is 0 Å². The molecule has 2 fully saturated rings. The number of ether oxygens (including phenoxy) is 1. The van der Waals surface area contributed by atoms with Gasteiger partial charge in [0.2, 0.25) is 0 Å². The van der Waals surface area contributed by atoms with Crippen molar-refractivity contribution in [3.8, 4) is 0 Å². The van der Waals surface area contributed by atoms with Crippen molar-refractivity contribution in [2.24, 2.45) is 0 Å². The van der Waals surface area contributed by atoms with Gasteiger partial charge in [0.05, 0.1) is 6.10 Å². The van der Waals surface area contributed by atoms with E-state index in [4.69, 9.17) is 4.74 Å². The molecule has 1 heterocycles. The van der Waals surface area contributed by atoms with Crippen LogP contribution in [0.3, 0.4) is 0 Å². The van der Waals surface area contributed by atoms with Crippen LogP contribution in [-0.2, 0) is 4.74 Å². The molecule has 0 aromatic carbocycles. The molecule has 2 aliphatic rings. The third-order valence-electron chi connectivity index (χ3n) is 3.22. The summed E-state index contributed by atoms with van der Waals surface area (Å²) in [5.74, 6) is 0. The molecule has 14 heavy (non-hydrogen) atoms. The minimum atomic E-state index is 0.492. The molecule has 1 saturated heterocycles. The number of hydrogen-bond acceptors (Lipinski definition) is 3. The summed E-state index contributed by atoms with van der Waals surface area (Å²) in [5, 5.41) is 3.55. The zero-order chi connectivity index (χ0) is 9.80. The lowest BCUT2D eigenvalue weighted by Crippen LogP contribution is -2.27. The van der Waals surface area contributed by atoms with Crippen LogP contribution >= 0.6 is 0 Å². The number of nitrogens with zero attached hydrogens (tertiary/aromatic N) is 1. The monoisotopic (exact) mass is 198 g/mol. The maximum absolute atomic E-state index is 5.34. The molecule has 1 aliphatic heterocycles. The minimum Gasteiger partial charge on any atom is -0.380 e. The Hall–Kier alpha value is -0.120. The highest BCUT2D eigenvalue weighted by molar-refractivity contribution is 4.81. The molecule has 3 nitrogen and oxygen atoms in total. The first-order valence-electron chi connectivity index (χ1n) is 5.87. The van der Waals surface area contributed by atoms with Crippen LogP contribution in [0.4, 0.5) is 0 Å². The van der Waals surface area contributed by atoms with Crippen molar-refractivity contribution in [3.05, 3.63) is 0 Å². The summed E-state index contributed by atoms with van der Waals surface area (Å²) in [4.78, 5) is 2.52. The molecule has 3 heteroatoms. The van der Waals surface area contributed by atoms with Gasteiger partial charge < -0.3 is 15.0 Å². The highest BCUT2D eigenvalue weighted by Gasteiger charge is 2.22. The Balaban J connectivity index is 1.48. The normalized spacial score (nSPS) is 28.5. The maximum atomic E-state index is 5.34. The van der Waals surface area contributed by atoms with Crippen LogP contribution < -0.4 is 5.32 Å². The van der Waals surface area contributed by atoms with Crippen LogP contribution in [-0.4, -0.2) is 50.3 Å². The Morgan fingerprint density at radius 3 is 2.86 bits per heavy atom. The SMILES string of the molecule is COC1CCN(CCCNC2CC2)C1. The van der Waals surface area contributed by atoms with Crippen molar-refractivity contribution >= 4 is 0 Å². The second-order valence-electron chi connectivity index (χ2n) is 4.53. The van der Waals surface area contributed by atoms with Crippen molar-refractivity contribution in [2.75, 3.05) is 33.3 Å². The van der Waals surface area contributed by atoms with E-state index in [0.717, 1.165) is 12.6 Å². The second-order valence-corrected chi connectivity index (χ2v) is 4.53. The van der Waals surface area contributed by atoms with Crippen LogP contribution in [0.25, 0.3) is 0 Å². The van der Waals surface area contributed by atoms with Crippen LogP contribution in [0.1, 0.15) is 25.7 Å². The number of nitrogens with one attached hydrogen (secondary N) is 1. The van der Waals surface area contributed by atoms with E-state index >= 15 is 0 Å². The van der Waals surface area contributed by atoms with Gasteiger partial charge in [-0.05, 0) is 38.8 Å². The van der Waals surface area contributed by atoms with E-state index in [1.807, 2.05) is 7.11 Å². The minimum absolute atomic E-state index is 0.492. The average Bonchev–Trinajstić information content (AvgIpc) is 2.91. The lowest BCUT2D eigenvalue weighted by Gasteiger charge is -2.15. The van der Waals surface area contributed by atoms with E-state index in [1.165, 1.54) is 45.3 Å². The molecule has 0 aromatic rings. The standard InChI is InChI=1S/C11H22N2O/c1-14-11-5-8-13(9-11)7-2-6-12-10-3-4-10/h10-12H,2-9H2,1H3. The van der Waals surface area contributed by atoms with Crippen LogP contribution in [0.15, 0.2) is 0 Å². The summed E-state index contributed by atoms with van der Waals surface area (Å²) >= 11 is 0. The van der Waals surface area contributed by atoms with E-state index in [1.54, 1.807) is 0 Å². The molecular weight excluding hydrogens is 176 g/mol. The Morgan fingerprint density at radius 1 is 1.36 bits per heavy atom. The summed E-state index contributed by atoms with van der Waals surface area (Å²) in [6.45, 7) is 4.79. The highest BCUT2D eigenvalue weighted by Crippen LogP contribution is 2.18. The Bertz CT molecular complexity index is 171. The van der Waals surface area contributed by atoms with Gasteiger partial charge in [-0.3, -0.25) is 0 Å². The number of likely N-dealkylation sites (tertiary alicyclic amines) is 1. The zero-order valence-electron chi connectivity index (χ0n) is 9.17. The molecule has 0 amide bonds. The number of methoxy groups -OCH3 is 1. The summed E-state index contributed by atoms with van der Waals surface area (Å²) in [5.41, 5.74) is 0. The fourth-order valence-corrected chi connectivity index (χ4v) is 2.09. The predicted octanol–water partition coefficient (Wildman–Crippen LogP) is 0.849. The van der Waals surface area contributed by atoms with Crippen LogP contribution in [0, 0.1) is 0 Å². The molecule has 1 N–H and O–H groups in total. The average molecular weight is 198 g/mol. The Labute approximate surface area is 86.8 Å². The number of rotatable bonds is 6. The van der Waals surface area contributed by atoms with Crippen molar-refractivity contribution < 1.29 is 4.74 Å². The Kier molecular flexibility index (Phi) is 3.79. The van der Waals surface area contributed by atoms with Gasteiger partial charge in [0.25, 0.3) is 0 Å². The zero-order valence-corrected chi connectivity index (χ0v) is 9.17. The van der Waals surface area contributed by atoms with E-state index in [0.29, 0.717) is 6.10 Å². The molecular formula is C11H22N2O. The molecule has 0 radical (unpaired) electrons. The third-order valence-corrected chi connectivity index (χ3v) is 3.22. The summed E-state index contributed by atoms with van der Waals surface area (Å²) in [6, 6.07) is 0.861. The smallest absolute Gasteiger partial charge is 0.0710 e. The van der Waals surface area contributed by atoms with Crippen molar-refractivity contribution in [1.82, 2.24) is 10.2 Å². The van der Waals surface area contributed by atoms with Gasteiger partial charge in [0.15, 0.2) is 0 Å². The molecule has 0 aromatic heterocycles. The highest BCUT2D eigenvalue weighted by atomic mass is 16.5. The topological polar surface area (TPSA) is 24.5 Å². The van der Waals surface area contributed by atoms with E-state index in [-0.39, 0.29) is 0 Å². The van der Waals surface area contributed by atoms with Gasteiger partial charge in [0, 0.05) is 26.2 Å². The summed E-state index contributed by atoms with van der Waals surface area (Å²) in [7, 11) is 1.82. The molecule has 82 valence electrons. The van der Waals surface area contributed by atoms with Gasteiger partial charge in [-0.15, -0.1) is 0 Å². The molecule has 1 unspecified atom stereocenters. The second kappa shape index (κ2) is 5.10. The molecule has 1 aliphatic carbocycles. The van der Waals surface area contributed by atoms with Crippen molar-refractivity contribution in [1.29, 1.82) is 0 Å². The van der Waals surface area contributed by atoms with E-state index < -0.39 is 0 Å². The van der Waals surface area contributed by atoms with E-state index in [2.05, 4.69) is 10.2 Å². The quantitative estimate of drug-likeness (QED) is 0.640. The fourth-order valence-electron chi connectivity index (χ4n) is 2.09. The first-order valence-corrected chi connectivity index (χ1v) is 5.87. The summed E-state index contributed by atoms with van der Waals surface area (Å²) < 4.78 is 5.34. The lowest BCUT2D eigenvalue weighted by molar-refractivity contribution is 0.108. The van der Waals surface area contributed by atoms with Crippen molar-refractivity contribution in [3.63, 3.8) is 0 Å². The Morgan fingerprint density at radius 2 is 2.21 bits per heavy atom. The molecule has 0 bridgehead atoms. The molecule has 2 rings (SSSR count). The third kappa shape index (κ3) is 3.23. The van der Waals surface area contributed by atoms with Crippen LogP contribution in [0.2, 0.25) is 0 Å². The first kappa shape index (κ1) is 10.4. The van der Waals surface area contributed by atoms with Gasteiger partial charge in [-0.25, -0.2) is 0 Å². The first-order chi connectivity index (χ1) is 6.88. The van der Waals surface area contributed by atoms with Crippen molar-refractivity contribution in [2.45, 2.75) is 37.8 Å². The van der Waals surface area contributed by atoms with Gasteiger partial charge in [0.1, 0.15) is 0 Å². The maximum Gasteiger partial charge on any atom is 0.0710 e. The fraction of sp³-hybridized carbons (Fsp3) is 1.00. The summed E-state index contributed by atoms with van der Waals surface area (Å²) in [6.07, 6.45) is 5.79. The van der Waals surface area contributed by atoms with E-state index in [9.17, 15) is 0 Å². The molecule has 1 atom stereocenters. The van der Waals surface area contributed by atoms with Gasteiger partial charge >= 0.3 is 0 Å².